The minimum absolute atomic E-state index is 0.101. The van der Waals surface area contributed by atoms with Crippen LogP contribution in [0.15, 0.2) is 12.3 Å². The molecule has 1 aliphatic rings. The molecule has 1 aliphatic heterocycles. The van der Waals surface area contributed by atoms with E-state index in [9.17, 15) is 20.0 Å². The second kappa shape index (κ2) is 5.64. The Morgan fingerprint density at radius 2 is 1.95 bits per heavy atom. The van der Waals surface area contributed by atoms with Crippen molar-refractivity contribution in [3.8, 4) is 0 Å². The number of hydrogen-bond acceptors (Lipinski definition) is 5. The quantitative estimate of drug-likeness (QED) is 0.663. The number of nitrogens with zero attached hydrogens (tertiary/aromatic N) is 3. The third kappa shape index (κ3) is 2.98. The van der Waals surface area contributed by atoms with Gasteiger partial charge >= 0.3 is 5.97 Å². The summed E-state index contributed by atoms with van der Waals surface area (Å²) in [6.45, 7) is 1.48. The number of carboxylic acid groups (broad SMARTS) is 1. The maximum Gasteiger partial charge on any atom is 0.339 e. The highest BCUT2D eigenvalue weighted by molar-refractivity contribution is 5.94. The highest BCUT2D eigenvalue weighted by Gasteiger charge is 2.22. The van der Waals surface area contributed by atoms with Crippen LogP contribution in [0.2, 0.25) is 0 Å². The maximum absolute atomic E-state index is 11.2. The van der Waals surface area contributed by atoms with E-state index in [0.29, 0.717) is 5.82 Å². The van der Waals surface area contributed by atoms with Gasteiger partial charge in [0, 0.05) is 19.2 Å². The molecule has 102 valence electrons. The normalized spacial score (nSPS) is 15.9. The minimum atomic E-state index is -1.18. The third-order valence-corrected chi connectivity index (χ3v) is 3.20. The van der Waals surface area contributed by atoms with Gasteiger partial charge in [-0.3, -0.25) is 10.1 Å². The van der Waals surface area contributed by atoms with Crippen molar-refractivity contribution in [1.82, 2.24) is 4.98 Å². The van der Waals surface area contributed by atoms with E-state index in [2.05, 4.69) is 4.98 Å². The van der Waals surface area contributed by atoms with Gasteiger partial charge < -0.3 is 10.0 Å². The van der Waals surface area contributed by atoms with Crippen molar-refractivity contribution in [1.29, 1.82) is 0 Å². The summed E-state index contributed by atoms with van der Waals surface area (Å²) >= 11 is 0. The summed E-state index contributed by atoms with van der Waals surface area (Å²) in [5.41, 5.74) is -0.396. The molecule has 0 amide bonds. The van der Waals surface area contributed by atoms with E-state index < -0.39 is 10.9 Å². The van der Waals surface area contributed by atoms with Crippen LogP contribution < -0.4 is 4.90 Å². The Kier molecular flexibility index (Phi) is 3.94. The van der Waals surface area contributed by atoms with Crippen LogP contribution in [0.5, 0.6) is 0 Å². The highest BCUT2D eigenvalue weighted by atomic mass is 16.6. The van der Waals surface area contributed by atoms with Gasteiger partial charge in [0.05, 0.1) is 4.92 Å². The average Bonchev–Trinajstić information content (AvgIpc) is 2.66. The number of aromatic carboxylic acids is 1. The Labute approximate surface area is 110 Å². The van der Waals surface area contributed by atoms with Crippen LogP contribution in [0.4, 0.5) is 11.5 Å². The molecule has 0 atom stereocenters. The molecule has 0 aromatic carbocycles. The molecular weight excluding hydrogens is 250 g/mol. The predicted molar refractivity (Wildman–Crippen MR) is 68.5 cm³/mol. The molecule has 1 N–H and O–H groups in total. The first kappa shape index (κ1) is 13.3. The molecule has 1 aromatic heterocycles. The molecule has 0 aliphatic carbocycles. The molecule has 7 nitrogen and oxygen atoms in total. The molecular formula is C12H15N3O4. The average molecular weight is 265 g/mol. The summed E-state index contributed by atoms with van der Waals surface area (Å²) < 4.78 is 0. The van der Waals surface area contributed by atoms with Crippen LogP contribution in [0.1, 0.15) is 36.0 Å². The van der Waals surface area contributed by atoms with Gasteiger partial charge in [0.25, 0.3) is 5.69 Å². The molecule has 1 aromatic rings. The first-order valence-electron chi connectivity index (χ1n) is 6.22. The minimum Gasteiger partial charge on any atom is -0.478 e. The van der Waals surface area contributed by atoms with Gasteiger partial charge in [0.1, 0.15) is 17.6 Å². The van der Waals surface area contributed by atoms with Gasteiger partial charge in [-0.05, 0) is 12.8 Å². The number of nitro groups is 1. The van der Waals surface area contributed by atoms with Gasteiger partial charge in [-0.2, -0.15) is 0 Å². The van der Waals surface area contributed by atoms with E-state index in [1.807, 2.05) is 4.90 Å². The molecule has 0 unspecified atom stereocenters. The first-order valence-corrected chi connectivity index (χ1v) is 6.22. The van der Waals surface area contributed by atoms with Crippen LogP contribution in [0.25, 0.3) is 0 Å². The third-order valence-electron chi connectivity index (χ3n) is 3.20. The molecule has 1 saturated heterocycles. The SMILES string of the molecule is O=C(O)c1cc([N+](=O)[O-])cnc1N1CCCCCC1. The van der Waals surface area contributed by atoms with Crippen molar-refractivity contribution in [2.75, 3.05) is 18.0 Å². The standard InChI is InChI=1S/C12H15N3O4/c16-12(17)10-7-9(15(18)19)8-13-11(10)14-5-3-1-2-4-6-14/h7-8H,1-6H2,(H,16,17). The Hall–Kier alpha value is -2.18. The van der Waals surface area contributed by atoms with Crippen LogP contribution in [0, 0.1) is 10.1 Å². The zero-order chi connectivity index (χ0) is 13.8. The van der Waals surface area contributed by atoms with E-state index in [-0.39, 0.29) is 11.3 Å². The fourth-order valence-electron chi connectivity index (χ4n) is 2.24. The van der Waals surface area contributed by atoms with Gasteiger partial charge in [-0.15, -0.1) is 0 Å². The van der Waals surface area contributed by atoms with Crippen molar-refractivity contribution in [2.45, 2.75) is 25.7 Å². The fraction of sp³-hybridized carbons (Fsp3) is 0.500. The zero-order valence-electron chi connectivity index (χ0n) is 10.4. The van der Waals surface area contributed by atoms with Gasteiger partial charge in [-0.25, -0.2) is 9.78 Å². The number of carboxylic acids is 1. The molecule has 19 heavy (non-hydrogen) atoms. The summed E-state index contributed by atoms with van der Waals surface area (Å²) in [6, 6.07) is 1.08. The van der Waals surface area contributed by atoms with Gasteiger partial charge in [0.2, 0.25) is 0 Å². The largest absolute Gasteiger partial charge is 0.478 e. The molecule has 0 spiro atoms. The first-order chi connectivity index (χ1) is 9.09. The summed E-state index contributed by atoms with van der Waals surface area (Å²) in [7, 11) is 0. The summed E-state index contributed by atoms with van der Waals surface area (Å²) in [4.78, 5) is 27.2. The molecule has 0 saturated carbocycles. The van der Waals surface area contributed by atoms with E-state index in [1.54, 1.807) is 0 Å². The number of anilines is 1. The molecule has 2 heterocycles. The Bertz CT molecular complexity index is 496. The molecule has 1 fully saturated rings. The van der Waals surface area contributed by atoms with Crippen LogP contribution in [-0.4, -0.2) is 34.1 Å². The van der Waals surface area contributed by atoms with Crippen molar-refractivity contribution in [3.05, 3.63) is 27.9 Å². The fourth-order valence-corrected chi connectivity index (χ4v) is 2.24. The van der Waals surface area contributed by atoms with Gasteiger partial charge in [0.15, 0.2) is 0 Å². The lowest BCUT2D eigenvalue weighted by Gasteiger charge is -2.22. The Morgan fingerprint density at radius 1 is 1.32 bits per heavy atom. The van der Waals surface area contributed by atoms with Crippen LogP contribution >= 0.6 is 0 Å². The topological polar surface area (TPSA) is 96.6 Å². The van der Waals surface area contributed by atoms with E-state index in [0.717, 1.165) is 51.0 Å². The lowest BCUT2D eigenvalue weighted by atomic mass is 10.2. The lowest BCUT2D eigenvalue weighted by Crippen LogP contribution is -2.27. The van der Waals surface area contributed by atoms with Crippen molar-refractivity contribution in [3.63, 3.8) is 0 Å². The Morgan fingerprint density at radius 3 is 2.47 bits per heavy atom. The van der Waals surface area contributed by atoms with Crippen molar-refractivity contribution < 1.29 is 14.8 Å². The predicted octanol–water partition coefficient (Wildman–Crippen LogP) is 2.07. The lowest BCUT2D eigenvalue weighted by molar-refractivity contribution is -0.385. The zero-order valence-corrected chi connectivity index (χ0v) is 10.4. The Balaban J connectivity index is 2.37. The number of hydrogen-bond donors (Lipinski definition) is 1. The molecule has 0 radical (unpaired) electrons. The number of rotatable bonds is 3. The summed E-state index contributed by atoms with van der Waals surface area (Å²) in [5, 5.41) is 19.9. The van der Waals surface area contributed by atoms with Crippen LogP contribution in [-0.2, 0) is 0 Å². The maximum atomic E-state index is 11.2. The molecule has 2 rings (SSSR count). The summed E-state index contributed by atoms with van der Waals surface area (Å²) in [6.07, 6.45) is 5.32. The number of pyridine rings is 1. The smallest absolute Gasteiger partial charge is 0.339 e. The molecule has 0 bridgehead atoms. The van der Waals surface area contributed by atoms with Gasteiger partial charge in [-0.1, -0.05) is 12.8 Å². The monoisotopic (exact) mass is 265 g/mol. The second-order valence-electron chi connectivity index (χ2n) is 4.53. The number of carbonyl (C=O) groups is 1. The van der Waals surface area contributed by atoms with Crippen molar-refractivity contribution in [2.24, 2.45) is 0 Å². The van der Waals surface area contributed by atoms with E-state index >= 15 is 0 Å². The molecule has 7 heteroatoms. The van der Waals surface area contributed by atoms with E-state index in [1.165, 1.54) is 0 Å². The summed E-state index contributed by atoms with van der Waals surface area (Å²) in [5.74, 6) is -0.851. The highest BCUT2D eigenvalue weighted by Crippen LogP contribution is 2.24. The van der Waals surface area contributed by atoms with Crippen LogP contribution in [0.3, 0.4) is 0 Å². The van der Waals surface area contributed by atoms with Crippen molar-refractivity contribution >= 4 is 17.5 Å². The second-order valence-corrected chi connectivity index (χ2v) is 4.53. The number of aromatic nitrogens is 1. The van der Waals surface area contributed by atoms with E-state index in [4.69, 9.17) is 0 Å².